The van der Waals surface area contributed by atoms with Crippen LogP contribution in [-0.4, -0.2) is 57.6 Å². The van der Waals surface area contributed by atoms with Crippen LogP contribution in [0, 0.1) is 12.7 Å². The Kier molecular flexibility index (Phi) is 7.82. The van der Waals surface area contributed by atoms with E-state index >= 15 is 0 Å². The van der Waals surface area contributed by atoms with Gasteiger partial charge in [0, 0.05) is 35.8 Å². The van der Waals surface area contributed by atoms with Crippen LogP contribution in [0.2, 0.25) is 5.02 Å². The van der Waals surface area contributed by atoms with Crippen LogP contribution in [0.5, 0.6) is 11.5 Å². The Balaban J connectivity index is 1.07. The van der Waals surface area contributed by atoms with Gasteiger partial charge in [-0.05, 0) is 93.9 Å². The van der Waals surface area contributed by atoms with Crippen LogP contribution < -0.4 is 9.47 Å². The molecule has 0 bridgehead atoms. The van der Waals surface area contributed by atoms with Gasteiger partial charge in [-0.2, -0.15) is 0 Å². The highest BCUT2D eigenvalue weighted by molar-refractivity contribution is 7.92. The lowest BCUT2D eigenvalue weighted by Gasteiger charge is -2.33. The second-order valence-corrected chi connectivity index (χ2v) is 15.3. The van der Waals surface area contributed by atoms with E-state index in [1.54, 1.807) is 25.3 Å². The van der Waals surface area contributed by atoms with Crippen LogP contribution >= 0.6 is 11.6 Å². The molecular formula is C33H35ClFN5O4S. The summed E-state index contributed by atoms with van der Waals surface area (Å²) in [4.78, 5) is 10.4. The molecule has 2 unspecified atom stereocenters. The first-order valence-electron chi connectivity index (χ1n) is 15.4. The minimum absolute atomic E-state index is 0.241. The number of piperidine rings is 1. The van der Waals surface area contributed by atoms with Gasteiger partial charge in [0.1, 0.15) is 11.6 Å². The molecule has 4 aromatic rings. The quantitative estimate of drug-likeness (QED) is 0.255. The molecule has 7 rings (SSSR count). The van der Waals surface area contributed by atoms with Crippen molar-refractivity contribution in [2.45, 2.75) is 69.5 Å². The number of benzene rings is 2. The third-order valence-corrected chi connectivity index (χ3v) is 11.8. The molecule has 3 aliphatic heterocycles. The largest absolute Gasteiger partial charge is 0.444 e. The van der Waals surface area contributed by atoms with Crippen molar-refractivity contribution in [1.82, 2.24) is 25.1 Å². The number of aromatic amines is 1. The molecule has 3 aliphatic rings. The first-order chi connectivity index (χ1) is 21.6. The van der Waals surface area contributed by atoms with Gasteiger partial charge in [0.25, 0.3) is 5.79 Å². The van der Waals surface area contributed by atoms with Gasteiger partial charge in [0.05, 0.1) is 22.3 Å². The maximum absolute atomic E-state index is 14.8. The first-order valence-corrected chi connectivity index (χ1v) is 17.5. The van der Waals surface area contributed by atoms with E-state index in [1.165, 1.54) is 6.07 Å². The van der Waals surface area contributed by atoms with Crippen LogP contribution in [0.15, 0.2) is 48.7 Å². The minimum atomic E-state index is -3.11. The third-order valence-electron chi connectivity index (χ3n) is 9.28. The first kappa shape index (κ1) is 30.1. The fourth-order valence-corrected chi connectivity index (χ4v) is 8.87. The van der Waals surface area contributed by atoms with Crippen molar-refractivity contribution in [2.24, 2.45) is 0 Å². The molecule has 2 aromatic heterocycles. The number of nitrogens with zero attached hydrogens (tertiary/aromatic N) is 4. The molecule has 5 heterocycles. The van der Waals surface area contributed by atoms with Gasteiger partial charge in [-0.25, -0.2) is 12.8 Å². The zero-order chi connectivity index (χ0) is 31.3. The van der Waals surface area contributed by atoms with Gasteiger partial charge in [0.15, 0.2) is 27.2 Å². The molecule has 0 saturated carbocycles. The number of aryl methyl sites for hydroxylation is 1. The number of aromatic nitrogens is 4. The maximum Gasteiger partial charge on any atom is 0.278 e. The summed E-state index contributed by atoms with van der Waals surface area (Å²) in [5.41, 5.74) is 3.99. The predicted octanol–water partition coefficient (Wildman–Crippen LogP) is 6.11. The van der Waals surface area contributed by atoms with E-state index in [0.717, 1.165) is 48.3 Å². The van der Waals surface area contributed by atoms with Crippen molar-refractivity contribution in [2.75, 3.05) is 18.8 Å². The number of pyridine rings is 1. The zero-order valence-electron chi connectivity index (χ0n) is 25.2. The molecule has 2 aromatic carbocycles. The average molecular weight is 652 g/mol. The summed E-state index contributed by atoms with van der Waals surface area (Å²) >= 11 is 5.98. The summed E-state index contributed by atoms with van der Waals surface area (Å²) in [6.07, 6.45) is 5.41. The van der Waals surface area contributed by atoms with E-state index in [-0.39, 0.29) is 16.9 Å². The minimum Gasteiger partial charge on any atom is -0.444 e. The second kappa shape index (κ2) is 11.7. The highest BCUT2D eigenvalue weighted by Gasteiger charge is 2.43. The molecule has 0 amide bonds. The van der Waals surface area contributed by atoms with Crippen LogP contribution in [0.3, 0.4) is 0 Å². The van der Waals surface area contributed by atoms with Crippen molar-refractivity contribution in [3.63, 3.8) is 0 Å². The van der Waals surface area contributed by atoms with E-state index in [4.69, 9.17) is 26.1 Å². The van der Waals surface area contributed by atoms with Crippen molar-refractivity contribution in [1.29, 1.82) is 0 Å². The van der Waals surface area contributed by atoms with Crippen molar-refractivity contribution in [3.8, 4) is 22.9 Å². The Morgan fingerprint density at radius 2 is 1.93 bits per heavy atom. The van der Waals surface area contributed by atoms with E-state index in [9.17, 15) is 12.8 Å². The monoisotopic (exact) mass is 651 g/mol. The summed E-state index contributed by atoms with van der Waals surface area (Å²) in [5.74, 6) is 1.32. The SMILES string of the molecule is Cc1nnc(-c2cnc(CN3CCC(c4cccc5c4OC(C)(c4ccc(Cl)cc4F)O5)CC3)c(CC3CCCS3(=O)=O)c2)[nH]1. The molecule has 2 atom stereocenters. The molecule has 236 valence electrons. The number of ether oxygens (including phenoxy) is 2. The molecule has 12 heteroatoms. The Morgan fingerprint density at radius 1 is 1.11 bits per heavy atom. The molecule has 2 saturated heterocycles. The van der Waals surface area contributed by atoms with Gasteiger partial charge in [-0.3, -0.25) is 9.88 Å². The van der Waals surface area contributed by atoms with Gasteiger partial charge in [-0.15, -0.1) is 10.2 Å². The number of hydrogen-bond acceptors (Lipinski definition) is 8. The highest BCUT2D eigenvalue weighted by Crippen LogP contribution is 2.50. The Labute approximate surface area is 267 Å². The van der Waals surface area contributed by atoms with Gasteiger partial charge in [0.2, 0.25) is 0 Å². The second-order valence-electron chi connectivity index (χ2n) is 12.4. The number of fused-ring (bicyclic) bond motifs is 1. The van der Waals surface area contributed by atoms with Crippen molar-refractivity contribution in [3.05, 3.63) is 87.7 Å². The molecule has 0 spiro atoms. The van der Waals surface area contributed by atoms with Gasteiger partial charge in [-0.1, -0.05) is 23.7 Å². The maximum atomic E-state index is 14.8. The van der Waals surface area contributed by atoms with E-state index in [2.05, 4.69) is 26.1 Å². The number of para-hydroxylation sites is 1. The number of hydrogen-bond donors (Lipinski definition) is 1. The van der Waals surface area contributed by atoms with E-state index in [1.807, 2.05) is 25.1 Å². The van der Waals surface area contributed by atoms with E-state index in [0.29, 0.717) is 59.5 Å². The summed E-state index contributed by atoms with van der Waals surface area (Å²) < 4.78 is 52.8. The Bertz CT molecular complexity index is 1860. The van der Waals surface area contributed by atoms with Crippen molar-refractivity contribution < 1.29 is 22.3 Å². The lowest BCUT2D eigenvalue weighted by Crippen LogP contribution is -2.34. The molecule has 9 nitrogen and oxygen atoms in total. The predicted molar refractivity (Wildman–Crippen MR) is 169 cm³/mol. The summed E-state index contributed by atoms with van der Waals surface area (Å²) in [5, 5.41) is 8.21. The standard InChI is InChI=1S/C33H35ClFN5O4S/c1-20-37-32(39-38-20)23-15-22(16-25-5-4-14-45(25,41)42)29(36-18-23)19-40-12-10-21(11-13-40)26-6-3-7-30-31(26)44-33(2,43-30)27-9-8-24(34)17-28(27)35/h3,6-9,15,17-18,21,25H,4-5,10-14,16,19H2,1-2H3,(H,37,38,39). The normalized spacial score (nSPS) is 23.1. The molecule has 0 aliphatic carbocycles. The summed E-state index contributed by atoms with van der Waals surface area (Å²) in [6, 6.07) is 12.4. The number of likely N-dealkylation sites (tertiary alicyclic amines) is 1. The number of H-pyrrole nitrogens is 1. The fraction of sp³-hybridized carbons (Fsp3) is 0.424. The summed E-state index contributed by atoms with van der Waals surface area (Å²) in [7, 11) is -3.11. The molecule has 45 heavy (non-hydrogen) atoms. The highest BCUT2D eigenvalue weighted by atomic mass is 35.5. The number of sulfone groups is 1. The number of nitrogens with one attached hydrogen (secondary N) is 1. The van der Waals surface area contributed by atoms with E-state index < -0.39 is 21.4 Å². The molecule has 0 radical (unpaired) electrons. The number of rotatable bonds is 7. The smallest absolute Gasteiger partial charge is 0.278 e. The summed E-state index contributed by atoms with van der Waals surface area (Å²) in [6.45, 7) is 5.87. The van der Waals surface area contributed by atoms with Gasteiger partial charge < -0.3 is 14.5 Å². The van der Waals surface area contributed by atoms with Crippen LogP contribution in [0.4, 0.5) is 4.39 Å². The Hall–Kier alpha value is -3.54. The zero-order valence-corrected chi connectivity index (χ0v) is 26.8. The van der Waals surface area contributed by atoms with Crippen LogP contribution in [0.1, 0.15) is 66.7 Å². The molecule has 1 N–H and O–H groups in total. The molecule has 2 fully saturated rings. The third kappa shape index (κ3) is 5.93. The van der Waals surface area contributed by atoms with Crippen LogP contribution in [-0.2, 0) is 28.6 Å². The van der Waals surface area contributed by atoms with Crippen molar-refractivity contribution >= 4 is 21.4 Å². The number of halogens is 2. The fourth-order valence-electron chi connectivity index (χ4n) is 6.85. The van der Waals surface area contributed by atoms with Gasteiger partial charge >= 0.3 is 0 Å². The lowest BCUT2D eigenvalue weighted by atomic mass is 9.88. The Morgan fingerprint density at radius 3 is 2.64 bits per heavy atom. The average Bonchev–Trinajstić information content (AvgIpc) is 3.69. The lowest BCUT2D eigenvalue weighted by molar-refractivity contribution is -0.0712. The molecular weight excluding hydrogens is 617 g/mol. The van der Waals surface area contributed by atoms with Crippen LogP contribution in [0.25, 0.3) is 11.4 Å². The topological polar surface area (TPSA) is 110 Å².